The zero-order chi connectivity index (χ0) is 21.5. The molecule has 0 saturated carbocycles. The molecule has 1 aromatic carbocycles. The van der Waals surface area contributed by atoms with Gasteiger partial charge in [0, 0.05) is 31.9 Å². The van der Waals surface area contributed by atoms with E-state index < -0.39 is 15.9 Å². The lowest BCUT2D eigenvalue weighted by molar-refractivity contribution is -0.0440. The van der Waals surface area contributed by atoms with Gasteiger partial charge in [-0.15, -0.1) is 0 Å². The van der Waals surface area contributed by atoms with Gasteiger partial charge in [0.05, 0.1) is 17.1 Å². The molecule has 1 N–H and O–H groups in total. The molecule has 1 saturated heterocycles. The second-order valence-corrected chi connectivity index (χ2v) is 9.34. The van der Waals surface area contributed by atoms with Crippen LogP contribution >= 0.6 is 0 Å². The van der Waals surface area contributed by atoms with E-state index in [-0.39, 0.29) is 35.8 Å². The van der Waals surface area contributed by atoms with Gasteiger partial charge in [0.1, 0.15) is 5.52 Å². The van der Waals surface area contributed by atoms with Gasteiger partial charge in [0.2, 0.25) is 16.0 Å². The Morgan fingerprint density at radius 1 is 1.17 bits per heavy atom. The lowest BCUT2D eigenvalue weighted by Crippen LogP contribution is -2.48. The Labute approximate surface area is 174 Å². The first-order chi connectivity index (χ1) is 14.3. The van der Waals surface area contributed by atoms with E-state index in [9.17, 15) is 13.2 Å². The standard InChI is InChI=1S/C20H23N5O4S/c1-13-11-25(12-14(2)29-13)30(27,28)16-7-4-6-15(10-16)19(26)23-20-22-17-8-5-9-21-18(17)24(20)3/h4-10,13-14H,11-12H2,1-3H3,(H,22,23,26)/t13-,14-/m1/s1. The molecular weight excluding hydrogens is 406 g/mol. The summed E-state index contributed by atoms with van der Waals surface area (Å²) in [7, 11) is -1.99. The topological polar surface area (TPSA) is 106 Å². The van der Waals surface area contributed by atoms with Crippen molar-refractivity contribution in [3.8, 4) is 0 Å². The molecule has 3 heterocycles. The third-order valence-corrected chi connectivity index (χ3v) is 6.80. The molecule has 158 valence electrons. The van der Waals surface area contributed by atoms with E-state index >= 15 is 0 Å². The average Bonchev–Trinajstić information content (AvgIpc) is 3.03. The van der Waals surface area contributed by atoms with E-state index in [2.05, 4.69) is 15.3 Å². The van der Waals surface area contributed by atoms with Gasteiger partial charge in [-0.1, -0.05) is 6.07 Å². The zero-order valence-corrected chi connectivity index (χ0v) is 17.8. The van der Waals surface area contributed by atoms with Crippen molar-refractivity contribution in [3.63, 3.8) is 0 Å². The smallest absolute Gasteiger partial charge is 0.258 e. The van der Waals surface area contributed by atoms with Crippen molar-refractivity contribution in [1.29, 1.82) is 0 Å². The van der Waals surface area contributed by atoms with Crippen LogP contribution in [0.5, 0.6) is 0 Å². The number of nitrogens with one attached hydrogen (secondary N) is 1. The SMILES string of the molecule is C[C@@H]1CN(S(=O)(=O)c2cccc(C(=O)Nc3nc4cccnc4n3C)c2)C[C@@H](C)O1. The minimum Gasteiger partial charge on any atom is -0.373 e. The fourth-order valence-corrected chi connectivity index (χ4v) is 5.22. The average molecular weight is 430 g/mol. The fraction of sp³-hybridized carbons (Fsp3) is 0.350. The summed E-state index contributed by atoms with van der Waals surface area (Å²) in [5, 5.41) is 2.73. The minimum atomic E-state index is -3.74. The number of imidazole rings is 1. The number of rotatable bonds is 4. The zero-order valence-electron chi connectivity index (χ0n) is 16.9. The van der Waals surface area contributed by atoms with Crippen LogP contribution in [-0.2, 0) is 21.8 Å². The summed E-state index contributed by atoms with van der Waals surface area (Å²) in [6.45, 7) is 4.23. The van der Waals surface area contributed by atoms with Gasteiger partial charge in [-0.3, -0.25) is 14.7 Å². The van der Waals surface area contributed by atoms with Gasteiger partial charge >= 0.3 is 0 Å². The monoisotopic (exact) mass is 429 g/mol. The first-order valence-electron chi connectivity index (χ1n) is 9.60. The molecular formula is C20H23N5O4S. The first kappa shape index (κ1) is 20.5. The molecule has 1 aliphatic rings. The van der Waals surface area contributed by atoms with Crippen LogP contribution in [0.3, 0.4) is 0 Å². The third kappa shape index (κ3) is 3.81. The van der Waals surface area contributed by atoms with Crippen LogP contribution in [0.25, 0.3) is 11.2 Å². The predicted octanol–water partition coefficient (Wildman–Crippen LogP) is 2.02. The number of aromatic nitrogens is 3. The maximum atomic E-state index is 13.1. The fourth-order valence-electron chi connectivity index (χ4n) is 3.58. The maximum Gasteiger partial charge on any atom is 0.258 e. The van der Waals surface area contributed by atoms with Crippen molar-refractivity contribution in [2.75, 3.05) is 18.4 Å². The molecule has 0 radical (unpaired) electrons. The van der Waals surface area contributed by atoms with E-state index in [1.54, 1.807) is 42.1 Å². The second kappa shape index (κ2) is 7.78. The number of hydrogen-bond acceptors (Lipinski definition) is 6. The Hall–Kier alpha value is -2.82. The first-order valence-corrected chi connectivity index (χ1v) is 11.0. The maximum absolute atomic E-state index is 13.1. The van der Waals surface area contributed by atoms with Crippen LogP contribution in [0.4, 0.5) is 5.95 Å². The Morgan fingerprint density at radius 2 is 1.90 bits per heavy atom. The number of fused-ring (bicyclic) bond motifs is 1. The van der Waals surface area contributed by atoms with Gasteiger partial charge in [-0.2, -0.15) is 4.31 Å². The molecule has 1 amide bonds. The van der Waals surface area contributed by atoms with Crippen molar-refractivity contribution in [3.05, 3.63) is 48.2 Å². The summed E-state index contributed by atoms with van der Waals surface area (Å²) >= 11 is 0. The number of morpholine rings is 1. The highest BCUT2D eigenvalue weighted by Gasteiger charge is 2.32. The predicted molar refractivity (Wildman–Crippen MR) is 112 cm³/mol. The van der Waals surface area contributed by atoms with Gasteiger partial charge in [0.15, 0.2) is 5.65 Å². The number of hydrogen-bond donors (Lipinski definition) is 1. The number of nitrogens with zero attached hydrogens (tertiary/aromatic N) is 4. The molecule has 0 unspecified atom stereocenters. The number of benzene rings is 1. The number of ether oxygens (including phenoxy) is 1. The van der Waals surface area contributed by atoms with Gasteiger partial charge in [0.25, 0.3) is 5.91 Å². The number of pyridine rings is 1. The van der Waals surface area contributed by atoms with Crippen LogP contribution in [0.1, 0.15) is 24.2 Å². The summed E-state index contributed by atoms with van der Waals surface area (Å²) in [6, 6.07) is 9.58. The van der Waals surface area contributed by atoms with Gasteiger partial charge in [-0.05, 0) is 44.2 Å². The molecule has 4 rings (SSSR count). The summed E-state index contributed by atoms with van der Waals surface area (Å²) in [6.07, 6.45) is 1.26. The van der Waals surface area contributed by atoms with Crippen LogP contribution in [-0.4, -0.2) is 58.5 Å². The van der Waals surface area contributed by atoms with Crippen LogP contribution in [0.15, 0.2) is 47.5 Å². The lowest BCUT2D eigenvalue weighted by atomic mass is 10.2. The largest absolute Gasteiger partial charge is 0.373 e. The number of carbonyl (C=O) groups excluding carboxylic acids is 1. The number of aryl methyl sites for hydroxylation is 1. The highest BCUT2D eigenvalue weighted by Crippen LogP contribution is 2.23. The van der Waals surface area contributed by atoms with E-state index in [1.807, 2.05) is 13.8 Å². The normalized spacial score (nSPS) is 20.4. The van der Waals surface area contributed by atoms with E-state index in [4.69, 9.17) is 4.74 Å². The van der Waals surface area contributed by atoms with Crippen molar-refractivity contribution in [1.82, 2.24) is 18.8 Å². The van der Waals surface area contributed by atoms with E-state index in [1.165, 1.54) is 16.4 Å². The number of carbonyl (C=O) groups is 1. The van der Waals surface area contributed by atoms with E-state index in [0.29, 0.717) is 17.1 Å². The molecule has 0 aliphatic carbocycles. The van der Waals surface area contributed by atoms with Crippen molar-refractivity contribution in [2.45, 2.75) is 31.0 Å². The van der Waals surface area contributed by atoms with Crippen molar-refractivity contribution in [2.24, 2.45) is 7.05 Å². The van der Waals surface area contributed by atoms with E-state index in [0.717, 1.165) is 0 Å². The van der Waals surface area contributed by atoms with Gasteiger partial charge in [-0.25, -0.2) is 18.4 Å². The molecule has 0 spiro atoms. The Kier molecular flexibility index (Phi) is 5.31. The minimum absolute atomic E-state index is 0.0723. The Morgan fingerprint density at radius 3 is 2.60 bits per heavy atom. The summed E-state index contributed by atoms with van der Waals surface area (Å²) in [5.41, 5.74) is 1.52. The molecule has 0 bridgehead atoms. The van der Waals surface area contributed by atoms with Crippen LogP contribution in [0, 0.1) is 0 Å². The molecule has 9 nitrogen and oxygen atoms in total. The highest BCUT2D eigenvalue weighted by molar-refractivity contribution is 7.89. The summed E-state index contributed by atoms with van der Waals surface area (Å²) in [5.74, 6) is -0.119. The number of anilines is 1. The molecule has 1 fully saturated rings. The summed E-state index contributed by atoms with van der Waals surface area (Å²) in [4.78, 5) is 21.5. The Balaban J connectivity index is 1.59. The molecule has 30 heavy (non-hydrogen) atoms. The summed E-state index contributed by atoms with van der Waals surface area (Å²) < 4.78 is 34.9. The number of sulfonamides is 1. The molecule has 2 aromatic heterocycles. The molecule has 3 aromatic rings. The van der Waals surface area contributed by atoms with Gasteiger partial charge < -0.3 is 4.74 Å². The highest BCUT2D eigenvalue weighted by atomic mass is 32.2. The lowest BCUT2D eigenvalue weighted by Gasteiger charge is -2.34. The number of amides is 1. The third-order valence-electron chi connectivity index (χ3n) is 4.97. The van der Waals surface area contributed by atoms with Crippen LogP contribution < -0.4 is 5.32 Å². The second-order valence-electron chi connectivity index (χ2n) is 7.40. The molecule has 1 aliphatic heterocycles. The van der Waals surface area contributed by atoms with Crippen molar-refractivity contribution >= 4 is 33.0 Å². The van der Waals surface area contributed by atoms with Crippen molar-refractivity contribution < 1.29 is 17.9 Å². The Bertz CT molecular complexity index is 1200. The molecule has 2 atom stereocenters. The molecule has 10 heteroatoms. The quantitative estimate of drug-likeness (QED) is 0.680. The van der Waals surface area contributed by atoms with Crippen LogP contribution in [0.2, 0.25) is 0 Å².